The van der Waals surface area contributed by atoms with E-state index in [1.807, 2.05) is 36.4 Å². The molecular formula is C23H25ClN2O3. The van der Waals surface area contributed by atoms with Crippen LogP contribution in [0, 0.1) is 0 Å². The summed E-state index contributed by atoms with van der Waals surface area (Å²) in [5, 5.41) is 13.1. The van der Waals surface area contributed by atoms with E-state index < -0.39 is 5.97 Å². The van der Waals surface area contributed by atoms with Crippen molar-refractivity contribution in [3.63, 3.8) is 0 Å². The minimum absolute atomic E-state index is 0.0680. The third-order valence-corrected chi connectivity index (χ3v) is 6.26. The first-order valence-corrected chi connectivity index (χ1v) is 10.5. The van der Waals surface area contributed by atoms with Gasteiger partial charge in [-0.15, -0.1) is 0 Å². The predicted molar refractivity (Wildman–Crippen MR) is 112 cm³/mol. The highest BCUT2D eigenvalue weighted by Crippen LogP contribution is 2.45. The summed E-state index contributed by atoms with van der Waals surface area (Å²) in [6, 6.07) is 14.5. The fraction of sp³-hybridized carbons (Fsp3) is 0.391. The Bertz CT molecular complexity index is 891. The van der Waals surface area contributed by atoms with Gasteiger partial charge in [0.2, 0.25) is 5.91 Å². The van der Waals surface area contributed by atoms with Gasteiger partial charge in [0.25, 0.3) is 0 Å². The fourth-order valence-electron chi connectivity index (χ4n) is 4.16. The summed E-state index contributed by atoms with van der Waals surface area (Å²) in [6.07, 6.45) is 4.77. The van der Waals surface area contributed by atoms with E-state index in [1.54, 1.807) is 12.1 Å². The third-order valence-electron chi connectivity index (χ3n) is 6.01. The van der Waals surface area contributed by atoms with Crippen LogP contribution in [0.25, 0.3) is 0 Å². The molecule has 152 valence electrons. The van der Waals surface area contributed by atoms with Gasteiger partial charge in [-0.3, -0.25) is 9.69 Å². The lowest BCUT2D eigenvalue weighted by atomic mass is 9.98. The number of nitrogens with one attached hydrogen (secondary N) is 1. The van der Waals surface area contributed by atoms with Gasteiger partial charge in [-0.25, -0.2) is 4.79 Å². The summed E-state index contributed by atoms with van der Waals surface area (Å²) in [6.45, 7) is 1.64. The lowest BCUT2D eigenvalue weighted by molar-refractivity contribution is -0.129. The summed E-state index contributed by atoms with van der Waals surface area (Å²) in [7, 11) is 0. The number of piperidine rings is 1. The number of likely N-dealkylation sites (tertiary alicyclic amines) is 1. The summed E-state index contributed by atoms with van der Waals surface area (Å²) >= 11 is 5.99. The van der Waals surface area contributed by atoms with E-state index in [-0.39, 0.29) is 23.1 Å². The molecule has 2 fully saturated rings. The van der Waals surface area contributed by atoms with Crippen LogP contribution in [0.15, 0.2) is 48.5 Å². The summed E-state index contributed by atoms with van der Waals surface area (Å²) in [5.41, 5.74) is 2.05. The molecule has 4 rings (SSSR count). The molecule has 2 aromatic carbocycles. The lowest BCUT2D eigenvalue weighted by Gasteiger charge is -2.35. The normalized spacial score (nSPS) is 20.8. The molecule has 0 aromatic heterocycles. The first kappa shape index (κ1) is 19.9. The van der Waals surface area contributed by atoms with Gasteiger partial charge in [-0.2, -0.15) is 0 Å². The molecule has 1 atom stereocenters. The van der Waals surface area contributed by atoms with Crippen molar-refractivity contribution in [2.45, 2.75) is 50.2 Å². The predicted octanol–water partition coefficient (Wildman–Crippen LogP) is 4.20. The first-order valence-electron chi connectivity index (χ1n) is 10.1. The molecule has 5 nitrogen and oxygen atoms in total. The molecule has 1 amide bonds. The van der Waals surface area contributed by atoms with E-state index in [0.29, 0.717) is 5.02 Å². The van der Waals surface area contributed by atoms with Crippen LogP contribution in [0.4, 0.5) is 0 Å². The molecule has 6 heteroatoms. The average molecular weight is 413 g/mol. The zero-order chi connectivity index (χ0) is 20.4. The number of benzene rings is 2. The van der Waals surface area contributed by atoms with Crippen molar-refractivity contribution in [3.8, 4) is 0 Å². The number of halogens is 1. The van der Waals surface area contributed by atoms with Gasteiger partial charge < -0.3 is 10.4 Å². The standard InChI is InChI=1S/C23H25ClN2O3/c24-19-10-4-16(5-11-19)15-26-14-2-1-3-20(26)21(27)25-23(12-13-23)18-8-6-17(7-9-18)22(28)29/h4-11,20H,1-3,12-15H2,(H,25,27)(H,28,29). The smallest absolute Gasteiger partial charge is 0.335 e. The van der Waals surface area contributed by atoms with Crippen molar-refractivity contribution in [1.82, 2.24) is 10.2 Å². The second-order valence-corrected chi connectivity index (χ2v) is 8.50. The summed E-state index contributed by atoms with van der Waals surface area (Å²) in [4.78, 5) is 26.5. The van der Waals surface area contributed by atoms with Crippen molar-refractivity contribution < 1.29 is 14.7 Å². The third kappa shape index (κ3) is 4.46. The maximum Gasteiger partial charge on any atom is 0.335 e. The Morgan fingerprint density at radius 3 is 2.38 bits per heavy atom. The van der Waals surface area contributed by atoms with Crippen LogP contribution in [0.5, 0.6) is 0 Å². The maximum absolute atomic E-state index is 13.2. The van der Waals surface area contributed by atoms with Crippen LogP contribution in [0.1, 0.15) is 53.6 Å². The Hall–Kier alpha value is -2.37. The van der Waals surface area contributed by atoms with E-state index in [1.165, 1.54) is 0 Å². The van der Waals surface area contributed by atoms with E-state index in [2.05, 4.69) is 10.2 Å². The highest BCUT2D eigenvalue weighted by molar-refractivity contribution is 6.30. The number of aromatic carboxylic acids is 1. The van der Waals surface area contributed by atoms with Crippen molar-refractivity contribution >= 4 is 23.5 Å². The quantitative estimate of drug-likeness (QED) is 0.746. The Kier molecular flexibility index (Phi) is 5.61. The number of carbonyl (C=O) groups excluding carboxylic acids is 1. The summed E-state index contributed by atoms with van der Waals surface area (Å²) < 4.78 is 0. The number of hydrogen-bond acceptors (Lipinski definition) is 3. The fourth-order valence-corrected chi connectivity index (χ4v) is 4.29. The molecule has 1 heterocycles. The van der Waals surface area contributed by atoms with Gasteiger partial charge in [0.1, 0.15) is 0 Å². The number of carboxylic acids is 1. The zero-order valence-electron chi connectivity index (χ0n) is 16.2. The molecule has 2 aromatic rings. The van der Waals surface area contributed by atoms with Gasteiger partial charge in [-0.05, 0) is 67.6 Å². The van der Waals surface area contributed by atoms with Crippen molar-refractivity contribution in [3.05, 3.63) is 70.2 Å². The van der Waals surface area contributed by atoms with Crippen LogP contribution in [0.2, 0.25) is 5.02 Å². The zero-order valence-corrected chi connectivity index (χ0v) is 17.0. The van der Waals surface area contributed by atoms with E-state index >= 15 is 0 Å². The molecule has 1 aliphatic carbocycles. The number of carboxylic acid groups (broad SMARTS) is 1. The van der Waals surface area contributed by atoms with E-state index in [4.69, 9.17) is 16.7 Å². The molecule has 1 saturated heterocycles. The van der Waals surface area contributed by atoms with Crippen LogP contribution in [-0.4, -0.2) is 34.5 Å². The lowest BCUT2D eigenvalue weighted by Crippen LogP contribution is -2.51. The number of nitrogens with zero attached hydrogens (tertiary/aromatic N) is 1. The average Bonchev–Trinajstić information content (AvgIpc) is 3.51. The van der Waals surface area contributed by atoms with E-state index in [0.717, 1.165) is 56.3 Å². The van der Waals surface area contributed by atoms with Crippen LogP contribution in [-0.2, 0) is 16.9 Å². The topological polar surface area (TPSA) is 69.6 Å². The molecule has 0 spiro atoms. The molecule has 29 heavy (non-hydrogen) atoms. The SMILES string of the molecule is O=C(O)c1ccc(C2(NC(=O)C3CCCCN3Cc3ccc(Cl)cc3)CC2)cc1. The van der Waals surface area contributed by atoms with Crippen molar-refractivity contribution in [2.24, 2.45) is 0 Å². The summed E-state index contributed by atoms with van der Waals surface area (Å²) in [5.74, 6) is -0.871. The highest BCUT2D eigenvalue weighted by Gasteiger charge is 2.47. The first-order chi connectivity index (χ1) is 14.0. The van der Waals surface area contributed by atoms with Crippen LogP contribution < -0.4 is 5.32 Å². The van der Waals surface area contributed by atoms with Gasteiger partial charge in [0.05, 0.1) is 17.1 Å². The molecule has 0 bridgehead atoms. The monoisotopic (exact) mass is 412 g/mol. The van der Waals surface area contributed by atoms with Crippen LogP contribution >= 0.6 is 11.6 Å². The molecule has 2 aliphatic rings. The van der Waals surface area contributed by atoms with Gasteiger partial charge in [-0.1, -0.05) is 42.3 Å². The number of amides is 1. The highest BCUT2D eigenvalue weighted by atomic mass is 35.5. The Morgan fingerprint density at radius 2 is 1.76 bits per heavy atom. The molecular weight excluding hydrogens is 388 g/mol. The Balaban J connectivity index is 1.45. The second-order valence-electron chi connectivity index (χ2n) is 8.06. The minimum atomic E-state index is -0.939. The Labute approximate surface area is 175 Å². The minimum Gasteiger partial charge on any atom is -0.478 e. The van der Waals surface area contributed by atoms with Crippen LogP contribution in [0.3, 0.4) is 0 Å². The number of hydrogen-bond donors (Lipinski definition) is 2. The number of carbonyl (C=O) groups is 2. The van der Waals surface area contributed by atoms with Gasteiger partial charge in [0, 0.05) is 11.6 Å². The second kappa shape index (κ2) is 8.17. The molecule has 1 aliphatic heterocycles. The number of rotatable bonds is 6. The van der Waals surface area contributed by atoms with Gasteiger partial charge >= 0.3 is 5.97 Å². The molecule has 1 unspecified atom stereocenters. The largest absolute Gasteiger partial charge is 0.478 e. The van der Waals surface area contributed by atoms with Crippen molar-refractivity contribution in [2.75, 3.05) is 6.54 Å². The molecule has 0 radical (unpaired) electrons. The van der Waals surface area contributed by atoms with Crippen molar-refractivity contribution in [1.29, 1.82) is 0 Å². The molecule has 1 saturated carbocycles. The van der Waals surface area contributed by atoms with E-state index in [9.17, 15) is 9.59 Å². The Morgan fingerprint density at radius 1 is 1.07 bits per heavy atom. The molecule has 2 N–H and O–H groups in total. The maximum atomic E-state index is 13.2. The van der Waals surface area contributed by atoms with Gasteiger partial charge in [0.15, 0.2) is 0 Å².